The molecule has 0 saturated carbocycles. The number of hydrogen-bond donors (Lipinski definition) is 2. The lowest BCUT2D eigenvalue weighted by molar-refractivity contribution is 0.0584. The number of ether oxygens (including phenoxy) is 1. The molecular weight excluding hydrogens is 442 g/mol. The third-order valence-electron chi connectivity index (χ3n) is 6.50. The number of carbonyl (C=O) groups is 2. The number of rotatable bonds is 2. The van der Waals surface area contributed by atoms with E-state index in [-0.39, 0.29) is 17.9 Å². The molecule has 7 heteroatoms. The monoisotopic (exact) mass is 471 g/mol. The summed E-state index contributed by atoms with van der Waals surface area (Å²) in [4.78, 5) is 29.3. The van der Waals surface area contributed by atoms with Crippen molar-refractivity contribution in [1.82, 2.24) is 0 Å². The maximum atomic E-state index is 13.3. The van der Waals surface area contributed by atoms with Crippen LogP contribution < -0.4 is 15.1 Å². The number of fused-ring (bicyclic) bond motifs is 4. The van der Waals surface area contributed by atoms with Crippen molar-refractivity contribution in [2.45, 2.75) is 39.2 Å². The van der Waals surface area contributed by atoms with E-state index in [1.54, 1.807) is 28.0 Å². The van der Waals surface area contributed by atoms with Crippen LogP contribution in [-0.2, 0) is 17.6 Å². The summed E-state index contributed by atoms with van der Waals surface area (Å²) in [6, 6.07) is 12.7. The van der Waals surface area contributed by atoms with Crippen LogP contribution in [0.2, 0.25) is 0 Å². The molecule has 5 rings (SSSR count). The second kappa shape index (κ2) is 8.34. The fourth-order valence-corrected chi connectivity index (χ4v) is 5.00. The van der Waals surface area contributed by atoms with Crippen LogP contribution >= 0.6 is 0 Å². The van der Waals surface area contributed by atoms with Crippen molar-refractivity contribution < 1.29 is 19.4 Å². The summed E-state index contributed by atoms with van der Waals surface area (Å²) < 4.78 is 5.55. The van der Waals surface area contributed by atoms with Gasteiger partial charge < -0.3 is 15.2 Å². The second-order valence-corrected chi connectivity index (χ2v) is 9.88. The molecule has 2 aliphatic heterocycles. The van der Waals surface area contributed by atoms with Gasteiger partial charge >= 0.3 is 12.1 Å². The van der Waals surface area contributed by atoms with E-state index >= 15 is 0 Å². The molecule has 2 aliphatic rings. The molecule has 0 atom stereocenters. The van der Waals surface area contributed by atoms with Crippen molar-refractivity contribution in [3.8, 4) is 5.75 Å². The Kier molecular flexibility index (Phi) is 5.43. The molecule has 0 radical (unpaired) electrons. The van der Waals surface area contributed by atoms with E-state index in [0.29, 0.717) is 31.6 Å². The summed E-state index contributed by atoms with van der Waals surface area (Å²) in [6.45, 7) is 10.5. The van der Waals surface area contributed by atoms with Gasteiger partial charge in [-0.15, -0.1) is 0 Å². The molecule has 0 aromatic heterocycles. The number of urea groups is 1. The summed E-state index contributed by atoms with van der Waals surface area (Å²) in [5, 5.41) is 15.3. The van der Waals surface area contributed by atoms with Crippen LogP contribution in [-0.4, -0.2) is 35.9 Å². The predicted molar refractivity (Wildman–Crippen MR) is 139 cm³/mol. The summed E-state index contributed by atoms with van der Waals surface area (Å²) in [7, 11) is 0. The molecule has 0 fully saturated rings. The number of phenols is 1. The predicted octanol–water partition coefficient (Wildman–Crippen LogP) is 6.08. The number of aromatic hydroxyl groups is 1. The maximum Gasteiger partial charge on any atom is 0.414 e. The van der Waals surface area contributed by atoms with Gasteiger partial charge in [0, 0.05) is 30.1 Å². The molecule has 0 unspecified atom stereocenters. The summed E-state index contributed by atoms with van der Waals surface area (Å²) in [5.41, 5.74) is 4.34. The van der Waals surface area contributed by atoms with E-state index in [1.165, 1.54) is 0 Å². The van der Waals surface area contributed by atoms with E-state index in [2.05, 4.69) is 11.9 Å². The molecule has 0 aliphatic carbocycles. The number of phenolic OH excluding ortho intramolecular Hbond substituents is 1. The van der Waals surface area contributed by atoms with Gasteiger partial charge in [0.1, 0.15) is 11.4 Å². The fourth-order valence-electron chi connectivity index (χ4n) is 5.00. The van der Waals surface area contributed by atoms with Crippen molar-refractivity contribution in [2.75, 3.05) is 28.2 Å². The topological polar surface area (TPSA) is 82.1 Å². The van der Waals surface area contributed by atoms with Crippen LogP contribution in [0.3, 0.4) is 0 Å². The first-order chi connectivity index (χ1) is 16.7. The summed E-state index contributed by atoms with van der Waals surface area (Å²) in [6.07, 6.45) is 2.69. The number of benzene rings is 3. The van der Waals surface area contributed by atoms with Gasteiger partial charge in [-0.25, -0.2) is 9.59 Å². The van der Waals surface area contributed by atoms with Gasteiger partial charge in [0.05, 0.1) is 17.1 Å². The average Bonchev–Trinajstić information content (AvgIpc) is 3.42. The molecule has 7 nitrogen and oxygen atoms in total. The zero-order valence-electron chi connectivity index (χ0n) is 20.2. The molecule has 0 saturated heterocycles. The Labute approximate surface area is 204 Å². The number of hydrogen-bond acceptors (Lipinski definition) is 4. The Morgan fingerprint density at radius 1 is 1.00 bits per heavy atom. The van der Waals surface area contributed by atoms with Gasteiger partial charge in [0.2, 0.25) is 0 Å². The van der Waals surface area contributed by atoms with Crippen LogP contribution in [0, 0.1) is 0 Å². The highest BCUT2D eigenvalue weighted by atomic mass is 16.6. The third-order valence-corrected chi connectivity index (χ3v) is 6.50. The van der Waals surface area contributed by atoms with Crippen LogP contribution in [0.4, 0.5) is 26.7 Å². The van der Waals surface area contributed by atoms with Gasteiger partial charge in [-0.2, -0.15) is 0 Å². The van der Waals surface area contributed by atoms with Crippen molar-refractivity contribution >= 4 is 46.0 Å². The fraction of sp³-hybridized carbons (Fsp3) is 0.286. The van der Waals surface area contributed by atoms with E-state index in [0.717, 1.165) is 38.8 Å². The lowest BCUT2D eigenvalue weighted by atomic mass is 10.0. The Hall–Kier alpha value is -4.00. The highest BCUT2D eigenvalue weighted by Crippen LogP contribution is 2.40. The normalized spacial score (nSPS) is 14.6. The zero-order chi connectivity index (χ0) is 24.9. The minimum atomic E-state index is -0.583. The van der Waals surface area contributed by atoms with Gasteiger partial charge in [-0.1, -0.05) is 36.9 Å². The van der Waals surface area contributed by atoms with Crippen LogP contribution in [0.1, 0.15) is 37.5 Å². The van der Waals surface area contributed by atoms with Crippen LogP contribution in [0.25, 0.3) is 16.8 Å². The molecule has 35 heavy (non-hydrogen) atoms. The van der Waals surface area contributed by atoms with E-state index < -0.39 is 5.60 Å². The lowest BCUT2D eigenvalue weighted by Crippen LogP contribution is -2.35. The number of carbonyl (C=O) groups excluding carboxylic acids is 2. The summed E-state index contributed by atoms with van der Waals surface area (Å²) >= 11 is 0. The Balaban J connectivity index is 1.42. The van der Waals surface area contributed by atoms with Crippen molar-refractivity contribution in [3.05, 3.63) is 65.7 Å². The zero-order valence-corrected chi connectivity index (χ0v) is 20.2. The van der Waals surface area contributed by atoms with E-state index in [1.807, 2.05) is 51.1 Å². The number of nitrogens with one attached hydrogen (secondary N) is 1. The molecule has 3 aromatic carbocycles. The van der Waals surface area contributed by atoms with Gasteiger partial charge in [0.15, 0.2) is 0 Å². The molecular formula is C28H29N3O4. The van der Waals surface area contributed by atoms with Crippen LogP contribution in [0.15, 0.2) is 49.0 Å². The Morgan fingerprint density at radius 2 is 1.69 bits per heavy atom. The Bertz CT molecular complexity index is 1370. The van der Waals surface area contributed by atoms with Gasteiger partial charge in [-0.3, -0.25) is 9.80 Å². The molecule has 0 spiro atoms. The van der Waals surface area contributed by atoms with E-state index in [9.17, 15) is 14.7 Å². The standard InChI is InChI=1S/C28H29N3O4/c1-5-17-19-13-15-31(27(34)35-28(2,3)4)23(19)11-10-22(17)29-26(33)30-14-12-20-18-8-6-7-9-21(18)25(32)16-24(20)30/h5-11,16,32H,1,12-15H2,2-4H3,(H,29,33). The minimum Gasteiger partial charge on any atom is -0.507 e. The third kappa shape index (κ3) is 3.97. The highest BCUT2D eigenvalue weighted by Gasteiger charge is 2.32. The largest absolute Gasteiger partial charge is 0.507 e. The SMILES string of the molecule is C=Cc1c(NC(=O)N2CCc3c2cc(O)c2ccccc32)ccc2c1CCN2C(=O)OC(C)(C)C. The van der Waals surface area contributed by atoms with Crippen molar-refractivity contribution in [3.63, 3.8) is 0 Å². The molecule has 180 valence electrons. The molecule has 2 heterocycles. The Morgan fingerprint density at radius 3 is 2.40 bits per heavy atom. The number of amides is 3. The molecule has 3 amide bonds. The number of nitrogens with zero attached hydrogens (tertiary/aromatic N) is 2. The van der Waals surface area contributed by atoms with Gasteiger partial charge in [-0.05, 0) is 62.3 Å². The van der Waals surface area contributed by atoms with Crippen molar-refractivity contribution in [1.29, 1.82) is 0 Å². The van der Waals surface area contributed by atoms with Crippen LogP contribution in [0.5, 0.6) is 5.75 Å². The smallest absolute Gasteiger partial charge is 0.414 e. The average molecular weight is 472 g/mol. The van der Waals surface area contributed by atoms with Gasteiger partial charge in [0.25, 0.3) is 0 Å². The second-order valence-electron chi connectivity index (χ2n) is 9.88. The maximum absolute atomic E-state index is 13.3. The quantitative estimate of drug-likeness (QED) is 0.475. The van der Waals surface area contributed by atoms with E-state index in [4.69, 9.17) is 4.74 Å². The first-order valence-electron chi connectivity index (χ1n) is 11.8. The molecule has 3 aromatic rings. The molecule has 2 N–H and O–H groups in total. The lowest BCUT2D eigenvalue weighted by Gasteiger charge is -2.25. The minimum absolute atomic E-state index is 0.158. The molecule has 0 bridgehead atoms. The highest BCUT2D eigenvalue weighted by molar-refractivity contribution is 6.08. The van der Waals surface area contributed by atoms with Crippen molar-refractivity contribution in [2.24, 2.45) is 0 Å². The first kappa shape index (κ1) is 22.8. The first-order valence-corrected chi connectivity index (χ1v) is 11.8. The number of anilines is 3. The summed E-state index contributed by atoms with van der Waals surface area (Å²) in [5.74, 6) is 0.158.